The quantitative estimate of drug-likeness (QED) is 0.153. The number of hydrogen-bond donors (Lipinski definition) is 0. The molecule has 0 saturated carbocycles. The average Bonchev–Trinajstić information content (AvgIpc) is 4.02. The van der Waals surface area contributed by atoms with E-state index in [1.54, 1.807) is 11.3 Å². The number of fused-ring (bicyclic) bond motifs is 9. The van der Waals surface area contributed by atoms with Crippen molar-refractivity contribution in [3.8, 4) is 11.4 Å². The molecule has 306 valence electrons. The molecule has 5 aromatic heterocycles. The van der Waals surface area contributed by atoms with E-state index in [1.807, 2.05) is 6.20 Å². The van der Waals surface area contributed by atoms with Crippen molar-refractivity contribution in [2.75, 3.05) is 9.80 Å². The lowest BCUT2D eigenvalue weighted by molar-refractivity contribution is 1.17. The Morgan fingerprint density at radius 3 is 1.38 bits per heavy atom. The van der Waals surface area contributed by atoms with E-state index < -0.39 is 0 Å². The van der Waals surface area contributed by atoms with Gasteiger partial charge in [0.1, 0.15) is 10.6 Å². The van der Waals surface area contributed by atoms with Gasteiger partial charge in [-0.25, -0.2) is 4.98 Å². The van der Waals surface area contributed by atoms with Gasteiger partial charge < -0.3 is 14.0 Å². The minimum Gasteiger partial charge on any atom is -0.309 e. The number of rotatable bonds is 8. The van der Waals surface area contributed by atoms with Gasteiger partial charge in [-0.2, -0.15) is 0 Å². The van der Waals surface area contributed by atoms with E-state index in [0.717, 1.165) is 77.1 Å². The highest BCUT2D eigenvalue weighted by atomic mass is 32.1. The average molecular weight is 851 g/mol. The Bertz CT molecular complexity index is 3640. The van der Waals surface area contributed by atoms with Crippen LogP contribution < -0.4 is 9.80 Å². The zero-order valence-corrected chi connectivity index (χ0v) is 35.8. The van der Waals surface area contributed by atoms with Crippen molar-refractivity contribution in [2.45, 2.75) is 0 Å². The number of para-hydroxylation sites is 6. The molecule has 13 rings (SSSR count). The molecule has 0 bridgehead atoms. The molecule has 5 heterocycles. The van der Waals surface area contributed by atoms with Gasteiger partial charge in [0, 0.05) is 61.1 Å². The zero-order chi connectivity index (χ0) is 42.8. The van der Waals surface area contributed by atoms with E-state index in [0.29, 0.717) is 0 Å². The molecular weight excluding hydrogens is 813 g/mol. The lowest BCUT2D eigenvalue weighted by Gasteiger charge is -2.25. The summed E-state index contributed by atoms with van der Waals surface area (Å²) in [6, 6.07) is 79.8. The van der Waals surface area contributed by atoms with Crippen molar-refractivity contribution < 1.29 is 0 Å². The Hall–Kier alpha value is -8.52. The van der Waals surface area contributed by atoms with Crippen LogP contribution in [-0.2, 0) is 0 Å². The third-order valence-corrected chi connectivity index (χ3v) is 13.6. The number of anilines is 6. The van der Waals surface area contributed by atoms with E-state index >= 15 is 0 Å². The minimum absolute atomic E-state index is 0.838. The molecular formula is C58H38N6S. The monoisotopic (exact) mass is 850 g/mol. The fourth-order valence-electron chi connectivity index (χ4n) is 9.68. The summed E-state index contributed by atoms with van der Waals surface area (Å²) in [6.07, 6.45) is 2.00. The predicted octanol–water partition coefficient (Wildman–Crippen LogP) is 16.0. The number of thiophene rings is 1. The summed E-state index contributed by atoms with van der Waals surface area (Å²) in [6.45, 7) is 0. The van der Waals surface area contributed by atoms with Crippen LogP contribution in [0.3, 0.4) is 0 Å². The van der Waals surface area contributed by atoms with E-state index in [-0.39, 0.29) is 0 Å². The van der Waals surface area contributed by atoms with Crippen LogP contribution >= 0.6 is 11.3 Å². The van der Waals surface area contributed by atoms with Crippen LogP contribution in [0.1, 0.15) is 0 Å². The maximum Gasteiger partial charge on any atom is 0.139 e. The van der Waals surface area contributed by atoms with E-state index in [2.05, 4.69) is 243 Å². The highest BCUT2D eigenvalue weighted by molar-refractivity contribution is 7.25. The molecule has 6 nitrogen and oxygen atoms in total. The van der Waals surface area contributed by atoms with Gasteiger partial charge in [0.05, 0.1) is 44.2 Å². The lowest BCUT2D eigenvalue weighted by Crippen LogP contribution is -2.11. The largest absolute Gasteiger partial charge is 0.309 e. The van der Waals surface area contributed by atoms with Crippen LogP contribution in [0, 0.1) is 0 Å². The number of hydrogen-bond acceptors (Lipinski definition) is 5. The molecule has 8 aromatic carbocycles. The van der Waals surface area contributed by atoms with Gasteiger partial charge in [0.25, 0.3) is 0 Å². The second-order valence-corrected chi connectivity index (χ2v) is 17.3. The SMILES string of the molecule is c1ccc(N(c2cnc3c(c2)sc2nc(N(c4ccccc4)c4ccc5c6ccccc6n(-c6ccccc6)c5c4)ccc23)c2ccc3c4ccccc4n(-c4ccccc4)c3c2)cc1. The lowest BCUT2D eigenvalue weighted by atomic mass is 10.1. The Morgan fingerprint density at radius 1 is 0.354 bits per heavy atom. The second-order valence-electron chi connectivity index (χ2n) is 16.3. The molecule has 7 heteroatoms. The van der Waals surface area contributed by atoms with Gasteiger partial charge in [0.15, 0.2) is 0 Å². The molecule has 0 aliphatic heterocycles. The number of pyridine rings is 2. The van der Waals surface area contributed by atoms with Gasteiger partial charge in [-0.05, 0) is 103 Å². The first kappa shape index (κ1) is 37.1. The number of nitrogens with zero attached hydrogens (tertiary/aromatic N) is 6. The summed E-state index contributed by atoms with van der Waals surface area (Å²) in [5.41, 5.74) is 13.0. The van der Waals surface area contributed by atoms with Crippen LogP contribution in [0.2, 0.25) is 0 Å². The van der Waals surface area contributed by atoms with Crippen LogP contribution in [-0.4, -0.2) is 19.1 Å². The Kier molecular flexibility index (Phi) is 8.60. The maximum absolute atomic E-state index is 5.43. The molecule has 0 aliphatic carbocycles. The first-order valence-electron chi connectivity index (χ1n) is 21.8. The summed E-state index contributed by atoms with van der Waals surface area (Å²) in [7, 11) is 0. The molecule has 0 spiro atoms. The van der Waals surface area contributed by atoms with Gasteiger partial charge in [-0.15, -0.1) is 11.3 Å². The van der Waals surface area contributed by atoms with Crippen molar-refractivity contribution in [1.29, 1.82) is 0 Å². The molecule has 0 aliphatic rings. The first-order chi connectivity index (χ1) is 32.2. The van der Waals surface area contributed by atoms with Crippen LogP contribution in [0.15, 0.2) is 231 Å². The minimum atomic E-state index is 0.838. The number of aromatic nitrogens is 4. The maximum atomic E-state index is 5.43. The number of benzene rings is 8. The van der Waals surface area contributed by atoms with E-state index in [4.69, 9.17) is 9.97 Å². The second kappa shape index (κ2) is 15.1. The Labute approximate surface area is 378 Å². The fraction of sp³-hybridized carbons (Fsp3) is 0. The van der Waals surface area contributed by atoms with Crippen LogP contribution in [0.4, 0.5) is 34.3 Å². The molecule has 13 aromatic rings. The summed E-state index contributed by atoms with van der Waals surface area (Å²) in [5.74, 6) is 0.838. The fourth-order valence-corrected chi connectivity index (χ4v) is 10.7. The zero-order valence-electron chi connectivity index (χ0n) is 35.0. The Morgan fingerprint density at radius 2 is 0.815 bits per heavy atom. The third kappa shape index (κ3) is 6.09. The van der Waals surface area contributed by atoms with Crippen LogP contribution in [0.5, 0.6) is 0 Å². The molecule has 0 fully saturated rings. The molecule has 0 amide bonds. The molecule has 0 N–H and O–H groups in total. The van der Waals surface area contributed by atoms with Gasteiger partial charge in [-0.3, -0.25) is 9.88 Å². The first-order valence-corrected chi connectivity index (χ1v) is 22.6. The van der Waals surface area contributed by atoms with E-state index in [9.17, 15) is 0 Å². The Balaban J connectivity index is 0.949. The highest BCUT2D eigenvalue weighted by Crippen LogP contribution is 2.44. The molecule has 0 saturated heterocycles. The van der Waals surface area contributed by atoms with Crippen molar-refractivity contribution in [3.05, 3.63) is 231 Å². The smallest absolute Gasteiger partial charge is 0.139 e. The summed E-state index contributed by atoms with van der Waals surface area (Å²) in [5, 5.41) is 5.91. The summed E-state index contributed by atoms with van der Waals surface area (Å²) < 4.78 is 5.80. The van der Waals surface area contributed by atoms with Crippen molar-refractivity contribution >= 4 is 110 Å². The van der Waals surface area contributed by atoms with Crippen molar-refractivity contribution in [2.24, 2.45) is 0 Å². The van der Waals surface area contributed by atoms with Crippen LogP contribution in [0.25, 0.3) is 75.4 Å². The molecule has 0 unspecified atom stereocenters. The van der Waals surface area contributed by atoms with Gasteiger partial charge in [-0.1, -0.05) is 121 Å². The molecule has 0 atom stereocenters. The van der Waals surface area contributed by atoms with Crippen molar-refractivity contribution in [3.63, 3.8) is 0 Å². The topological polar surface area (TPSA) is 42.1 Å². The predicted molar refractivity (Wildman–Crippen MR) is 273 cm³/mol. The molecule has 0 radical (unpaired) electrons. The van der Waals surface area contributed by atoms with Crippen molar-refractivity contribution in [1.82, 2.24) is 19.1 Å². The standard InChI is InChI=1S/C58H38N6S/c1-5-17-39(18-6-1)61(43-29-31-48-46-25-13-15-27-51(46)63(53(48)35-43)41-21-9-3-10-22-41)45-37-55-57(59-38-45)50-33-34-56(60-58(50)65-55)62(40-19-7-2-8-20-40)44-30-32-49-47-26-14-16-28-52(47)64(54(49)36-44)42-23-11-4-12-24-42/h1-38H. The van der Waals surface area contributed by atoms with Gasteiger partial charge >= 0.3 is 0 Å². The summed E-state index contributed by atoms with van der Waals surface area (Å²) >= 11 is 1.68. The highest BCUT2D eigenvalue weighted by Gasteiger charge is 2.22. The molecule has 65 heavy (non-hydrogen) atoms. The van der Waals surface area contributed by atoms with Gasteiger partial charge in [0.2, 0.25) is 0 Å². The normalized spacial score (nSPS) is 11.7. The summed E-state index contributed by atoms with van der Waals surface area (Å²) in [4.78, 5) is 16.1. The third-order valence-electron chi connectivity index (χ3n) is 12.5. The van der Waals surface area contributed by atoms with E-state index in [1.165, 1.54) is 32.6 Å².